The average Bonchev–Trinajstić information content (AvgIpc) is 2.57. The Kier molecular flexibility index (Phi) is 3.89. The molecule has 0 radical (unpaired) electrons. The first-order valence-corrected chi connectivity index (χ1v) is 6.37. The molecule has 2 heterocycles. The Morgan fingerprint density at radius 2 is 2.00 bits per heavy atom. The lowest BCUT2D eigenvalue weighted by atomic mass is 10.1. The van der Waals surface area contributed by atoms with Crippen LogP contribution in [-0.2, 0) is 0 Å². The van der Waals surface area contributed by atoms with E-state index in [0.717, 1.165) is 30.3 Å². The SMILES string of the molecule is Cc1nnc(N2CCCCCC2CN)nc1C. The Balaban J connectivity index is 2.25. The van der Waals surface area contributed by atoms with Crippen molar-refractivity contribution in [3.05, 3.63) is 11.4 Å². The first-order chi connectivity index (χ1) is 8.22. The van der Waals surface area contributed by atoms with Crippen LogP contribution < -0.4 is 10.6 Å². The summed E-state index contributed by atoms with van der Waals surface area (Å²) >= 11 is 0. The van der Waals surface area contributed by atoms with E-state index < -0.39 is 0 Å². The van der Waals surface area contributed by atoms with Gasteiger partial charge in [0.2, 0.25) is 5.95 Å². The van der Waals surface area contributed by atoms with Gasteiger partial charge in [-0.1, -0.05) is 12.8 Å². The summed E-state index contributed by atoms with van der Waals surface area (Å²) in [6.45, 7) is 5.56. The van der Waals surface area contributed by atoms with Crippen molar-refractivity contribution >= 4 is 5.95 Å². The first kappa shape index (κ1) is 12.2. The molecule has 0 bridgehead atoms. The summed E-state index contributed by atoms with van der Waals surface area (Å²) in [7, 11) is 0. The fourth-order valence-electron chi connectivity index (χ4n) is 2.25. The molecule has 1 aliphatic rings. The minimum absolute atomic E-state index is 0.362. The van der Waals surface area contributed by atoms with Crippen LogP contribution in [0.5, 0.6) is 0 Å². The molecule has 0 aromatic carbocycles. The highest BCUT2D eigenvalue weighted by Gasteiger charge is 2.22. The summed E-state index contributed by atoms with van der Waals surface area (Å²) in [6.07, 6.45) is 4.83. The van der Waals surface area contributed by atoms with Crippen molar-refractivity contribution in [3.8, 4) is 0 Å². The van der Waals surface area contributed by atoms with E-state index in [4.69, 9.17) is 5.73 Å². The normalized spacial score (nSPS) is 21.4. The van der Waals surface area contributed by atoms with Gasteiger partial charge in [-0.05, 0) is 26.7 Å². The number of hydrogen-bond donors (Lipinski definition) is 1. The lowest BCUT2D eigenvalue weighted by Gasteiger charge is -2.28. The van der Waals surface area contributed by atoms with Crippen molar-refractivity contribution in [3.63, 3.8) is 0 Å². The molecule has 2 rings (SSSR count). The Morgan fingerprint density at radius 3 is 2.71 bits per heavy atom. The second-order valence-electron chi connectivity index (χ2n) is 4.71. The van der Waals surface area contributed by atoms with Crippen LogP contribution >= 0.6 is 0 Å². The third-order valence-corrected chi connectivity index (χ3v) is 3.49. The van der Waals surface area contributed by atoms with E-state index >= 15 is 0 Å². The Morgan fingerprint density at radius 1 is 1.18 bits per heavy atom. The van der Waals surface area contributed by atoms with Crippen LogP contribution in [0.3, 0.4) is 0 Å². The molecule has 0 aliphatic carbocycles. The monoisotopic (exact) mass is 235 g/mol. The van der Waals surface area contributed by atoms with Gasteiger partial charge < -0.3 is 10.6 Å². The van der Waals surface area contributed by atoms with Gasteiger partial charge in [0.25, 0.3) is 0 Å². The fraction of sp³-hybridized carbons (Fsp3) is 0.750. The predicted octanol–water partition coefficient (Wildman–Crippen LogP) is 1.20. The molecule has 2 N–H and O–H groups in total. The topological polar surface area (TPSA) is 67.9 Å². The molecular weight excluding hydrogens is 214 g/mol. The van der Waals surface area contributed by atoms with E-state index in [-0.39, 0.29) is 0 Å². The molecule has 1 fully saturated rings. The standard InChI is InChI=1S/C12H21N5/c1-9-10(2)15-16-12(14-9)17-7-5-3-4-6-11(17)8-13/h11H,3-8,13H2,1-2H3. The zero-order valence-electron chi connectivity index (χ0n) is 10.7. The number of nitrogens with zero attached hydrogens (tertiary/aromatic N) is 4. The Labute approximate surface area is 102 Å². The molecule has 1 unspecified atom stereocenters. The highest BCUT2D eigenvalue weighted by atomic mass is 15.3. The van der Waals surface area contributed by atoms with Gasteiger partial charge in [0, 0.05) is 19.1 Å². The second kappa shape index (κ2) is 5.40. The van der Waals surface area contributed by atoms with E-state index in [1.807, 2.05) is 13.8 Å². The van der Waals surface area contributed by atoms with Gasteiger partial charge in [-0.2, -0.15) is 5.10 Å². The van der Waals surface area contributed by atoms with Crippen molar-refractivity contribution in [2.24, 2.45) is 5.73 Å². The highest BCUT2D eigenvalue weighted by Crippen LogP contribution is 2.20. The van der Waals surface area contributed by atoms with Gasteiger partial charge in [0.05, 0.1) is 11.4 Å². The fourth-order valence-corrected chi connectivity index (χ4v) is 2.25. The summed E-state index contributed by atoms with van der Waals surface area (Å²) in [4.78, 5) is 6.76. The van der Waals surface area contributed by atoms with Crippen LogP contribution in [-0.4, -0.2) is 34.3 Å². The molecule has 1 aliphatic heterocycles. The van der Waals surface area contributed by atoms with Gasteiger partial charge in [0.15, 0.2) is 0 Å². The molecule has 17 heavy (non-hydrogen) atoms. The maximum atomic E-state index is 5.85. The summed E-state index contributed by atoms with van der Waals surface area (Å²) in [5, 5.41) is 8.37. The first-order valence-electron chi connectivity index (χ1n) is 6.37. The molecule has 0 amide bonds. The largest absolute Gasteiger partial charge is 0.335 e. The third kappa shape index (κ3) is 2.72. The Hall–Kier alpha value is -1.23. The van der Waals surface area contributed by atoms with E-state index in [2.05, 4.69) is 20.1 Å². The molecule has 0 saturated carbocycles. The van der Waals surface area contributed by atoms with Crippen LogP contribution in [0.1, 0.15) is 37.1 Å². The molecular formula is C12H21N5. The van der Waals surface area contributed by atoms with Crippen LogP contribution in [0.15, 0.2) is 0 Å². The number of anilines is 1. The van der Waals surface area contributed by atoms with Crippen LogP contribution in [0, 0.1) is 13.8 Å². The van der Waals surface area contributed by atoms with Crippen molar-refractivity contribution in [1.82, 2.24) is 15.2 Å². The minimum atomic E-state index is 0.362. The highest BCUT2D eigenvalue weighted by molar-refractivity contribution is 5.32. The lowest BCUT2D eigenvalue weighted by Crippen LogP contribution is -2.41. The van der Waals surface area contributed by atoms with Crippen molar-refractivity contribution in [2.75, 3.05) is 18.0 Å². The van der Waals surface area contributed by atoms with Crippen molar-refractivity contribution < 1.29 is 0 Å². The van der Waals surface area contributed by atoms with Crippen molar-refractivity contribution in [2.45, 2.75) is 45.6 Å². The van der Waals surface area contributed by atoms with Gasteiger partial charge in [0.1, 0.15) is 0 Å². The molecule has 5 nitrogen and oxygen atoms in total. The Bertz CT molecular complexity index is 379. The number of aryl methyl sites for hydroxylation is 2. The number of aromatic nitrogens is 3. The zero-order valence-corrected chi connectivity index (χ0v) is 10.7. The van der Waals surface area contributed by atoms with Crippen LogP contribution in [0.2, 0.25) is 0 Å². The average molecular weight is 235 g/mol. The quantitative estimate of drug-likeness (QED) is 0.834. The number of hydrogen-bond acceptors (Lipinski definition) is 5. The lowest BCUT2D eigenvalue weighted by molar-refractivity contribution is 0.566. The predicted molar refractivity (Wildman–Crippen MR) is 68.0 cm³/mol. The minimum Gasteiger partial charge on any atom is -0.335 e. The van der Waals surface area contributed by atoms with E-state index in [1.54, 1.807) is 0 Å². The zero-order chi connectivity index (χ0) is 12.3. The number of nitrogens with two attached hydrogens (primary N) is 1. The second-order valence-corrected chi connectivity index (χ2v) is 4.71. The molecule has 1 atom stereocenters. The summed E-state index contributed by atoms with van der Waals surface area (Å²) in [6, 6.07) is 0.362. The molecule has 5 heteroatoms. The number of rotatable bonds is 2. The van der Waals surface area contributed by atoms with Gasteiger partial charge in [-0.25, -0.2) is 4.98 Å². The summed E-state index contributed by atoms with van der Waals surface area (Å²) < 4.78 is 0. The maximum absolute atomic E-state index is 5.85. The summed E-state index contributed by atoms with van der Waals surface area (Å²) in [5.41, 5.74) is 7.70. The maximum Gasteiger partial charge on any atom is 0.245 e. The van der Waals surface area contributed by atoms with E-state index in [0.29, 0.717) is 12.6 Å². The van der Waals surface area contributed by atoms with Crippen molar-refractivity contribution in [1.29, 1.82) is 0 Å². The van der Waals surface area contributed by atoms with E-state index in [9.17, 15) is 0 Å². The smallest absolute Gasteiger partial charge is 0.245 e. The van der Waals surface area contributed by atoms with Crippen LogP contribution in [0.4, 0.5) is 5.95 Å². The molecule has 0 spiro atoms. The van der Waals surface area contributed by atoms with E-state index in [1.165, 1.54) is 19.3 Å². The third-order valence-electron chi connectivity index (χ3n) is 3.49. The molecule has 94 valence electrons. The van der Waals surface area contributed by atoms with Gasteiger partial charge in [-0.15, -0.1) is 5.10 Å². The van der Waals surface area contributed by atoms with Gasteiger partial charge >= 0.3 is 0 Å². The molecule has 1 saturated heterocycles. The van der Waals surface area contributed by atoms with Gasteiger partial charge in [-0.3, -0.25) is 0 Å². The van der Waals surface area contributed by atoms with Crippen LogP contribution in [0.25, 0.3) is 0 Å². The summed E-state index contributed by atoms with van der Waals surface area (Å²) in [5.74, 6) is 0.741. The molecule has 1 aromatic rings. The molecule has 1 aromatic heterocycles.